The van der Waals surface area contributed by atoms with Crippen LogP contribution < -0.4 is 4.74 Å². The summed E-state index contributed by atoms with van der Waals surface area (Å²) in [6.07, 6.45) is 5.41. The Bertz CT molecular complexity index is 630. The Hall–Kier alpha value is -2.00. The van der Waals surface area contributed by atoms with Crippen LogP contribution in [0, 0.1) is 0 Å². The lowest BCUT2D eigenvalue weighted by molar-refractivity contribution is 0.104. The molecule has 0 N–H and O–H groups in total. The Labute approximate surface area is 129 Å². The first kappa shape index (κ1) is 15.4. The summed E-state index contributed by atoms with van der Waals surface area (Å²) in [6.45, 7) is 2.55. The zero-order valence-electron chi connectivity index (χ0n) is 12.2. The van der Waals surface area contributed by atoms with Crippen molar-refractivity contribution in [1.29, 1.82) is 0 Å². The second kappa shape index (κ2) is 7.70. The van der Waals surface area contributed by atoms with Crippen LogP contribution in [0.2, 0.25) is 0 Å². The Balaban J connectivity index is 2.14. The van der Waals surface area contributed by atoms with Gasteiger partial charge in [0.1, 0.15) is 5.75 Å². The Morgan fingerprint density at radius 1 is 1.14 bits per heavy atom. The molecule has 0 heterocycles. The van der Waals surface area contributed by atoms with Crippen molar-refractivity contribution in [3.8, 4) is 5.75 Å². The van der Waals surface area contributed by atoms with Gasteiger partial charge in [-0.2, -0.15) is 0 Å². The molecule has 0 radical (unpaired) electrons. The van der Waals surface area contributed by atoms with Crippen LogP contribution in [0.3, 0.4) is 0 Å². The van der Waals surface area contributed by atoms with Crippen LogP contribution in [0.1, 0.15) is 22.8 Å². The Morgan fingerprint density at radius 2 is 1.86 bits per heavy atom. The lowest BCUT2D eigenvalue weighted by Crippen LogP contribution is -1.95. The molecule has 21 heavy (non-hydrogen) atoms. The highest BCUT2D eigenvalue weighted by atomic mass is 32.2. The van der Waals surface area contributed by atoms with Crippen LogP contribution >= 0.6 is 11.8 Å². The molecule has 3 heteroatoms. The highest BCUT2D eigenvalue weighted by Crippen LogP contribution is 2.20. The van der Waals surface area contributed by atoms with Gasteiger partial charge in [0.2, 0.25) is 0 Å². The zero-order valence-corrected chi connectivity index (χ0v) is 13.0. The van der Waals surface area contributed by atoms with Crippen molar-refractivity contribution in [3.63, 3.8) is 0 Å². The van der Waals surface area contributed by atoms with Gasteiger partial charge >= 0.3 is 0 Å². The summed E-state index contributed by atoms with van der Waals surface area (Å²) in [4.78, 5) is 13.3. The number of thioether (sulfide) groups is 1. The van der Waals surface area contributed by atoms with Crippen molar-refractivity contribution in [3.05, 3.63) is 65.7 Å². The molecule has 0 amide bonds. The third-order valence-electron chi connectivity index (χ3n) is 3.01. The van der Waals surface area contributed by atoms with E-state index >= 15 is 0 Å². The van der Waals surface area contributed by atoms with Crippen molar-refractivity contribution in [2.45, 2.75) is 11.8 Å². The third kappa shape index (κ3) is 4.23. The van der Waals surface area contributed by atoms with E-state index in [0.717, 1.165) is 16.2 Å². The first-order valence-corrected chi connectivity index (χ1v) is 8.05. The summed E-state index contributed by atoms with van der Waals surface area (Å²) in [5, 5.41) is 0. The number of carbonyl (C=O) groups excluding carboxylic acids is 1. The molecule has 0 aromatic heterocycles. The highest BCUT2D eigenvalue weighted by molar-refractivity contribution is 7.98. The van der Waals surface area contributed by atoms with E-state index in [1.807, 2.05) is 61.7 Å². The van der Waals surface area contributed by atoms with E-state index in [9.17, 15) is 4.79 Å². The van der Waals surface area contributed by atoms with Gasteiger partial charge in [0.25, 0.3) is 0 Å². The summed E-state index contributed by atoms with van der Waals surface area (Å²) in [5.74, 6) is 0.788. The highest BCUT2D eigenvalue weighted by Gasteiger charge is 2.03. The molecule has 2 aromatic carbocycles. The van der Waals surface area contributed by atoms with Gasteiger partial charge in [-0.05, 0) is 55.7 Å². The number of ether oxygens (including phenoxy) is 1. The maximum atomic E-state index is 12.2. The van der Waals surface area contributed by atoms with Crippen molar-refractivity contribution >= 4 is 23.6 Å². The summed E-state index contributed by atoms with van der Waals surface area (Å²) in [5.41, 5.74) is 1.60. The van der Waals surface area contributed by atoms with Gasteiger partial charge in [0.05, 0.1) is 6.61 Å². The minimum atomic E-state index is -0.00560. The first-order valence-electron chi connectivity index (χ1n) is 6.83. The van der Waals surface area contributed by atoms with Crippen LogP contribution in [0.15, 0.2) is 59.5 Å². The quantitative estimate of drug-likeness (QED) is 0.439. The fraction of sp³-hybridized carbons (Fsp3) is 0.167. The largest absolute Gasteiger partial charge is 0.493 e. The SMILES string of the molecule is CCOc1ccccc1/C=C\C(=O)c1ccc(SC)cc1. The van der Waals surface area contributed by atoms with Crippen LogP contribution in [0.4, 0.5) is 0 Å². The average Bonchev–Trinajstić information content (AvgIpc) is 2.54. The molecule has 0 unspecified atom stereocenters. The lowest BCUT2D eigenvalue weighted by Gasteiger charge is -2.06. The second-order valence-electron chi connectivity index (χ2n) is 4.40. The standard InChI is InChI=1S/C18H18O2S/c1-3-20-18-7-5-4-6-15(18)10-13-17(19)14-8-11-16(21-2)12-9-14/h4-13H,3H2,1-2H3/b13-10-. The average molecular weight is 298 g/mol. The fourth-order valence-electron chi connectivity index (χ4n) is 1.92. The van der Waals surface area contributed by atoms with E-state index < -0.39 is 0 Å². The summed E-state index contributed by atoms with van der Waals surface area (Å²) < 4.78 is 5.54. The van der Waals surface area contributed by atoms with Gasteiger partial charge in [-0.25, -0.2) is 0 Å². The minimum absolute atomic E-state index is 0.00560. The molecule has 0 atom stereocenters. The molecule has 0 aliphatic heterocycles. The number of rotatable bonds is 6. The van der Waals surface area contributed by atoms with E-state index in [1.165, 1.54) is 0 Å². The normalized spacial score (nSPS) is 10.8. The fourth-order valence-corrected chi connectivity index (χ4v) is 2.33. The van der Waals surface area contributed by atoms with Gasteiger partial charge in [0, 0.05) is 16.0 Å². The predicted octanol–water partition coefficient (Wildman–Crippen LogP) is 4.70. The molecule has 0 saturated heterocycles. The molecule has 0 aliphatic rings. The lowest BCUT2D eigenvalue weighted by atomic mass is 10.1. The summed E-state index contributed by atoms with van der Waals surface area (Å²) >= 11 is 1.66. The van der Waals surface area contributed by atoms with Crippen molar-refractivity contribution in [2.75, 3.05) is 12.9 Å². The number of hydrogen-bond donors (Lipinski definition) is 0. The van der Waals surface area contributed by atoms with E-state index in [4.69, 9.17) is 4.74 Å². The smallest absolute Gasteiger partial charge is 0.185 e. The van der Waals surface area contributed by atoms with E-state index in [0.29, 0.717) is 12.2 Å². The second-order valence-corrected chi connectivity index (χ2v) is 5.28. The number of para-hydroxylation sites is 1. The number of ketones is 1. The molecule has 0 bridgehead atoms. The molecule has 0 aliphatic carbocycles. The molecule has 0 saturated carbocycles. The van der Waals surface area contributed by atoms with Crippen LogP contribution in [0.5, 0.6) is 5.75 Å². The van der Waals surface area contributed by atoms with Gasteiger partial charge < -0.3 is 4.74 Å². The van der Waals surface area contributed by atoms with Crippen LogP contribution in [0.25, 0.3) is 6.08 Å². The zero-order chi connectivity index (χ0) is 15.1. The van der Waals surface area contributed by atoms with E-state index in [-0.39, 0.29) is 5.78 Å². The third-order valence-corrected chi connectivity index (χ3v) is 3.75. The number of hydrogen-bond acceptors (Lipinski definition) is 3. The van der Waals surface area contributed by atoms with Gasteiger partial charge in [-0.1, -0.05) is 18.2 Å². The van der Waals surface area contributed by atoms with Crippen molar-refractivity contribution < 1.29 is 9.53 Å². The first-order chi connectivity index (χ1) is 10.2. The number of carbonyl (C=O) groups is 1. The monoisotopic (exact) mass is 298 g/mol. The van der Waals surface area contributed by atoms with Crippen LogP contribution in [-0.2, 0) is 0 Å². The predicted molar refractivity (Wildman–Crippen MR) is 89.2 cm³/mol. The molecule has 2 aromatic rings. The van der Waals surface area contributed by atoms with Gasteiger partial charge in [0.15, 0.2) is 5.78 Å². The molecule has 0 fully saturated rings. The Kier molecular flexibility index (Phi) is 5.64. The van der Waals surface area contributed by atoms with E-state index in [2.05, 4.69) is 0 Å². The minimum Gasteiger partial charge on any atom is -0.493 e. The van der Waals surface area contributed by atoms with Gasteiger partial charge in [-0.3, -0.25) is 4.79 Å². The van der Waals surface area contributed by atoms with E-state index in [1.54, 1.807) is 23.9 Å². The van der Waals surface area contributed by atoms with Crippen molar-refractivity contribution in [2.24, 2.45) is 0 Å². The number of benzene rings is 2. The molecular weight excluding hydrogens is 280 g/mol. The summed E-state index contributed by atoms with van der Waals surface area (Å²) in [6, 6.07) is 15.3. The molecular formula is C18H18O2S. The molecule has 0 spiro atoms. The molecule has 2 rings (SSSR count). The maximum Gasteiger partial charge on any atom is 0.185 e. The van der Waals surface area contributed by atoms with Crippen LogP contribution in [-0.4, -0.2) is 18.6 Å². The summed E-state index contributed by atoms with van der Waals surface area (Å²) in [7, 11) is 0. The topological polar surface area (TPSA) is 26.3 Å². The Morgan fingerprint density at radius 3 is 2.52 bits per heavy atom. The van der Waals surface area contributed by atoms with Crippen molar-refractivity contribution in [1.82, 2.24) is 0 Å². The number of allylic oxidation sites excluding steroid dienone is 1. The molecule has 108 valence electrons. The molecule has 2 nitrogen and oxygen atoms in total. The maximum absolute atomic E-state index is 12.2. The van der Waals surface area contributed by atoms with Gasteiger partial charge in [-0.15, -0.1) is 11.8 Å².